The topological polar surface area (TPSA) is 17.0 Å². The molecule has 1 aromatic heterocycles. The summed E-state index contributed by atoms with van der Waals surface area (Å²) >= 11 is 2.07. The van der Waals surface area contributed by atoms with Crippen LogP contribution in [0, 0.1) is 0 Å². The van der Waals surface area contributed by atoms with E-state index >= 15 is 0 Å². The fraction of sp³-hybridized carbons (Fsp3) is 0.333. The van der Waals surface area contributed by atoms with Crippen LogP contribution >= 0.6 is 11.8 Å². The van der Waals surface area contributed by atoms with Gasteiger partial charge in [0.1, 0.15) is 0 Å². The van der Waals surface area contributed by atoms with Crippen molar-refractivity contribution in [3.05, 3.63) is 48.8 Å². The number of thioether (sulfide) groups is 1. The minimum absolute atomic E-state index is 0.645. The first-order valence-electron chi connectivity index (χ1n) is 6.49. The van der Waals surface area contributed by atoms with E-state index in [0.717, 1.165) is 0 Å². The molecular weight excluding hydrogens is 240 g/mol. The Hall–Kier alpha value is -1.35. The van der Waals surface area contributed by atoms with Crippen molar-refractivity contribution >= 4 is 17.4 Å². The number of benzene rings is 1. The molecule has 0 radical (unpaired) electrons. The van der Waals surface area contributed by atoms with Gasteiger partial charge in [-0.1, -0.05) is 6.07 Å². The first-order chi connectivity index (χ1) is 8.92. The lowest BCUT2D eigenvalue weighted by molar-refractivity contribution is 0.667. The number of hydrogen-bond acceptors (Lipinski definition) is 2. The van der Waals surface area contributed by atoms with Crippen LogP contribution in [0.25, 0.3) is 5.69 Å². The molecule has 1 aromatic carbocycles. The van der Waals surface area contributed by atoms with Crippen LogP contribution in [0.15, 0.2) is 48.8 Å². The van der Waals surface area contributed by atoms with Crippen molar-refractivity contribution < 1.29 is 0 Å². The van der Waals surface area contributed by atoms with E-state index in [2.05, 4.69) is 70.4 Å². The zero-order valence-electron chi connectivity index (χ0n) is 10.4. The number of nitrogens with zero attached hydrogens (tertiary/aromatic N) is 1. The zero-order chi connectivity index (χ0) is 12.2. The second-order valence-electron chi connectivity index (χ2n) is 4.67. The summed E-state index contributed by atoms with van der Waals surface area (Å²) in [5.74, 6) is 2.57. The van der Waals surface area contributed by atoms with E-state index in [0.29, 0.717) is 6.04 Å². The average molecular weight is 258 g/mol. The molecular formula is C15H18N2S. The highest BCUT2D eigenvalue weighted by Crippen LogP contribution is 2.22. The monoisotopic (exact) mass is 258 g/mol. The molecule has 0 unspecified atom stereocenters. The third kappa shape index (κ3) is 2.72. The number of aromatic nitrogens is 1. The SMILES string of the molecule is c1cc(NC2CCSCC2)cc(-n2cccc2)c1. The maximum Gasteiger partial charge on any atom is 0.0469 e. The molecule has 0 spiro atoms. The summed E-state index contributed by atoms with van der Waals surface area (Å²) in [6.07, 6.45) is 6.71. The molecule has 94 valence electrons. The van der Waals surface area contributed by atoms with Gasteiger partial charge in [-0.15, -0.1) is 0 Å². The van der Waals surface area contributed by atoms with E-state index in [4.69, 9.17) is 0 Å². The van der Waals surface area contributed by atoms with Crippen LogP contribution in [0.1, 0.15) is 12.8 Å². The van der Waals surface area contributed by atoms with Gasteiger partial charge in [0.25, 0.3) is 0 Å². The maximum atomic E-state index is 3.66. The molecule has 2 nitrogen and oxygen atoms in total. The summed E-state index contributed by atoms with van der Waals surface area (Å²) in [5.41, 5.74) is 2.45. The average Bonchev–Trinajstić information content (AvgIpc) is 2.94. The molecule has 0 atom stereocenters. The lowest BCUT2D eigenvalue weighted by Gasteiger charge is -2.23. The summed E-state index contributed by atoms with van der Waals surface area (Å²) in [6.45, 7) is 0. The fourth-order valence-electron chi connectivity index (χ4n) is 2.34. The van der Waals surface area contributed by atoms with Crippen LogP contribution in [-0.4, -0.2) is 22.1 Å². The summed E-state index contributed by atoms with van der Waals surface area (Å²) in [4.78, 5) is 0. The molecule has 0 aliphatic carbocycles. The number of anilines is 1. The maximum absolute atomic E-state index is 3.66. The number of rotatable bonds is 3. The lowest BCUT2D eigenvalue weighted by Crippen LogP contribution is -2.24. The Morgan fingerprint density at radius 3 is 2.61 bits per heavy atom. The predicted molar refractivity (Wildman–Crippen MR) is 79.7 cm³/mol. The van der Waals surface area contributed by atoms with Crippen molar-refractivity contribution in [2.45, 2.75) is 18.9 Å². The van der Waals surface area contributed by atoms with Crippen molar-refractivity contribution in [3.63, 3.8) is 0 Å². The van der Waals surface area contributed by atoms with Crippen LogP contribution in [0.4, 0.5) is 5.69 Å². The lowest BCUT2D eigenvalue weighted by atomic mass is 10.1. The first kappa shape index (κ1) is 11.7. The van der Waals surface area contributed by atoms with Gasteiger partial charge >= 0.3 is 0 Å². The number of nitrogens with one attached hydrogen (secondary N) is 1. The third-order valence-electron chi connectivity index (χ3n) is 3.34. The highest BCUT2D eigenvalue weighted by Gasteiger charge is 2.13. The minimum atomic E-state index is 0.645. The predicted octanol–water partition coefficient (Wildman–Crippen LogP) is 3.78. The van der Waals surface area contributed by atoms with E-state index < -0.39 is 0 Å². The van der Waals surface area contributed by atoms with Gasteiger partial charge in [0.05, 0.1) is 0 Å². The van der Waals surface area contributed by atoms with Crippen LogP contribution < -0.4 is 5.32 Å². The van der Waals surface area contributed by atoms with Crippen LogP contribution in [0.2, 0.25) is 0 Å². The standard InChI is InChI=1S/C15H18N2S/c1-2-9-17(8-1)15-5-3-4-14(12-15)16-13-6-10-18-11-7-13/h1-5,8-9,12-13,16H,6-7,10-11H2. The number of hydrogen-bond donors (Lipinski definition) is 1. The van der Waals surface area contributed by atoms with Crippen molar-refractivity contribution in [2.24, 2.45) is 0 Å². The van der Waals surface area contributed by atoms with Gasteiger partial charge in [-0.25, -0.2) is 0 Å². The summed E-state index contributed by atoms with van der Waals surface area (Å²) < 4.78 is 2.14. The van der Waals surface area contributed by atoms with Crippen LogP contribution in [0.5, 0.6) is 0 Å². The summed E-state index contributed by atoms with van der Waals surface area (Å²) in [6, 6.07) is 13.4. The Morgan fingerprint density at radius 1 is 1.06 bits per heavy atom. The van der Waals surface area contributed by atoms with Crippen LogP contribution in [0.3, 0.4) is 0 Å². The van der Waals surface area contributed by atoms with Crippen molar-refractivity contribution in [2.75, 3.05) is 16.8 Å². The highest BCUT2D eigenvalue weighted by molar-refractivity contribution is 7.99. The molecule has 2 aromatic rings. The van der Waals surface area contributed by atoms with Crippen LogP contribution in [-0.2, 0) is 0 Å². The molecule has 1 aliphatic rings. The molecule has 3 heteroatoms. The fourth-order valence-corrected chi connectivity index (χ4v) is 3.45. The third-order valence-corrected chi connectivity index (χ3v) is 4.39. The quantitative estimate of drug-likeness (QED) is 0.902. The Kier molecular flexibility index (Phi) is 3.60. The molecule has 1 fully saturated rings. The molecule has 0 bridgehead atoms. The van der Waals surface area contributed by atoms with Crippen molar-refractivity contribution in [1.29, 1.82) is 0 Å². The highest BCUT2D eigenvalue weighted by atomic mass is 32.2. The van der Waals surface area contributed by atoms with Gasteiger partial charge in [0.15, 0.2) is 0 Å². The molecule has 18 heavy (non-hydrogen) atoms. The molecule has 0 amide bonds. The van der Waals surface area contributed by atoms with Gasteiger partial charge < -0.3 is 9.88 Å². The minimum Gasteiger partial charge on any atom is -0.382 e. The normalized spacial score (nSPS) is 16.7. The Balaban J connectivity index is 1.74. The summed E-state index contributed by atoms with van der Waals surface area (Å²) in [5, 5.41) is 3.66. The van der Waals surface area contributed by atoms with Gasteiger partial charge in [-0.05, 0) is 54.7 Å². The zero-order valence-corrected chi connectivity index (χ0v) is 11.2. The van der Waals surface area contributed by atoms with E-state index in [1.165, 1.54) is 35.7 Å². The van der Waals surface area contributed by atoms with Gasteiger partial charge in [0.2, 0.25) is 0 Å². The largest absolute Gasteiger partial charge is 0.382 e. The first-order valence-corrected chi connectivity index (χ1v) is 7.65. The van der Waals surface area contributed by atoms with Gasteiger partial charge in [0, 0.05) is 29.8 Å². The van der Waals surface area contributed by atoms with E-state index in [1.807, 2.05) is 0 Å². The Bertz CT molecular complexity index is 487. The van der Waals surface area contributed by atoms with Crippen molar-refractivity contribution in [1.82, 2.24) is 4.57 Å². The molecule has 1 N–H and O–H groups in total. The molecule has 1 aliphatic heterocycles. The molecule has 2 heterocycles. The van der Waals surface area contributed by atoms with E-state index in [9.17, 15) is 0 Å². The Morgan fingerprint density at radius 2 is 1.83 bits per heavy atom. The molecule has 0 saturated carbocycles. The second kappa shape index (κ2) is 5.53. The van der Waals surface area contributed by atoms with Gasteiger partial charge in [-0.3, -0.25) is 0 Å². The Labute approximate surface area is 112 Å². The smallest absolute Gasteiger partial charge is 0.0469 e. The second-order valence-corrected chi connectivity index (χ2v) is 5.90. The van der Waals surface area contributed by atoms with Crippen molar-refractivity contribution in [3.8, 4) is 5.69 Å². The molecule has 3 rings (SSSR count). The summed E-state index contributed by atoms with van der Waals surface area (Å²) in [7, 11) is 0. The van der Waals surface area contributed by atoms with E-state index in [1.54, 1.807) is 0 Å². The van der Waals surface area contributed by atoms with E-state index in [-0.39, 0.29) is 0 Å². The van der Waals surface area contributed by atoms with Gasteiger partial charge in [-0.2, -0.15) is 11.8 Å². The molecule has 1 saturated heterocycles.